The van der Waals surface area contributed by atoms with E-state index >= 15 is 0 Å². The van der Waals surface area contributed by atoms with Crippen LogP contribution in [-0.2, 0) is 16.0 Å². The van der Waals surface area contributed by atoms with Crippen molar-refractivity contribution in [3.8, 4) is 5.75 Å². The zero-order chi connectivity index (χ0) is 12.6. The van der Waals surface area contributed by atoms with Gasteiger partial charge in [0.15, 0.2) is 0 Å². The summed E-state index contributed by atoms with van der Waals surface area (Å²) in [4.78, 5) is 0. The van der Waals surface area contributed by atoms with Crippen LogP contribution in [0.4, 0.5) is 0 Å². The van der Waals surface area contributed by atoms with Crippen LogP contribution in [0.25, 0.3) is 0 Å². The maximum absolute atomic E-state index is 5.74. The Labute approximate surface area is 108 Å². The molecule has 4 nitrogen and oxygen atoms in total. The van der Waals surface area contributed by atoms with Gasteiger partial charge in [0.1, 0.15) is 12.4 Å². The second-order valence-electron chi connectivity index (χ2n) is 4.34. The summed E-state index contributed by atoms with van der Waals surface area (Å²) < 4.78 is 16.7. The van der Waals surface area contributed by atoms with Crippen LogP contribution in [-0.4, -0.2) is 39.6 Å². The van der Waals surface area contributed by atoms with E-state index in [9.17, 15) is 0 Å². The molecule has 0 amide bonds. The van der Waals surface area contributed by atoms with Gasteiger partial charge in [-0.1, -0.05) is 18.2 Å². The Morgan fingerprint density at radius 3 is 3.00 bits per heavy atom. The SMILES string of the molecule is CNCc1ccccc1OCCOC1CCOC1. The zero-order valence-corrected chi connectivity index (χ0v) is 10.9. The van der Waals surface area contributed by atoms with Gasteiger partial charge in [0, 0.05) is 18.7 Å². The minimum atomic E-state index is 0.251. The van der Waals surface area contributed by atoms with E-state index in [4.69, 9.17) is 14.2 Å². The molecule has 1 unspecified atom stereocenters. The van der Waals surface area contributed by atoms with Gasteiger partial charge in [-0.3, -0.25) is 0 Å². The molecular formula is C14H21NO3. The minimum absolute atomic E-state index is 0.251. The van der Waals surface area contributed by atoms with E-state index in [0.717, 1.165) is 31.9 Å². The fourth-order valence-corrected chi connectivity index (χ4v) is 1.99. The number of nitrogens with one attached hydrogen (secondary N) is 1. The Hall–Kier alpha value is -1.10. The monoisotopic (exact) mass is 251 g/mol. The lowest BCUT2D eigenvalue weighted by Gasteiger charge is -2.13. The van der Waals surface area contributed by atoms with Crippen LogP contribution in [0.5, 0.6) is 5.75 Å². The Balaban J connectivity index is 1.72. The largest absolute Gasteiger partial charge is 0.491 e. The Morgan fingerprint density at radius 2 is 2.22 bits per heavy atom. The highest BCUT2D eigenvalue weighted by Gasteiger charge is 2.15. The summed E-state index contributed by atoms with van der Waals surface area (Å²) in [5.41, 5.74) is 1.17. The third-order valence-electron chi connectivity index (χ3n) is 2.92. The van der Waals surface area contributed by atoms with Crippen molar-refractivity contribution in [2.75, 3.05) is 33.5 Å². The van der Waals surface area contributed by atoms with E-state index in [-0.39, 0.29) is 6.10 Å². The summed E-state index contributed by atoms with van der Waals surface area (Å²) in [7, 11) is 1.93. The van der Waals surface area contributed by atoms with Gasteiger partial charge in [-0.2, -0.15) is 0 Å². The van der Waals surface area contributed by atoms with Crippen molar-refractivity contribution in [3.05, 3.63) is 29.8 Å². The number of ether oxygens (including phenoxy) is 3. The summed E-state index contributed by atoms with van der Waals surface area (Å²) in [6, 6.07) is 8.06. The van der Waals surface area contributed by atoms with E-state index in [1.807, 2.05) is 25.2 Å². The number of rotatable bonds is 7. The van der Waals surface area contributed by atoms with Crippen molar-refractivity contribution in [1.29, 1.82) is 0 Å². The van der Waals surface area contributed by atoms with Crippen molar-refractivity contribution < 1.29 is 14.2 Å². The van der Waals surface area contributed by atoms with Gasteiger partial charge < -0.3 is 19.5 Å². The standard InChI is InChI=1S/C14H21NO3/c1-15-10-12-4-2-3-5-14(12)18-9-8-17-13-6-7-16-11-13/h2-5,13,15H,6-11H2,1H3. The van der Waals surface area contributed by atoms with Crippen LogP contribution in [0.2, 0.25) is 0 Å². The van der Waals surface area contributed by atoms with Gasteiger partial charge in [-0.25, -0.2) is 0 Å². The number of hydrogen-bond acceptors (Lipinski definition) is 4. The molecule has 1 heterocycles. The van der Waals surface area contributed by atoms with Crippen LogP contribution in [0, 0.1) is 0 Å². The average Bonchev–Trinajstić information content (AvgIpc) is 2.90. The molecule has 1 aliphatic heterocycles. The first-order valence-electron chi connectivity index (χ1n) is 6.45. The van der Waals surface area contributed by atoms with Gasteiger partial charge in [0.2, 0.25) is 0 Å². The first-order valence-corrected chi connectivity index (χ1v) is 6.45. The summed E-state index contributed by atoms with van der Waals surface area (Å²) in [5, 5.41) is 3.13. The fraction of sp³-hybridized carbons (Fsp3) is 0.571. The smallest absolute Gasteiger partial charge is 0.123 e. The molecule has 1 aromatic rings. The first-order chi connectivity index (χ1) is 8.90. The predicted octanol–water partition coefficient (Wildman–Crippen LogP) is 1.59. The number of hydrogen-bond donors (Lipinski definition) is 1. The predicted molar refractivity (Wildman–Crippen MR) is 69.9 cm³/mol. The van der Waals surface area contributed by atoms with Gasteiger partial charge in [-0.15, -0.1) is 0 Å². The molecule has 1 aliphatic rings. The van der Waals surface area contributed by atoms with Crippen molar-refractivity contribution in [3.63, 3.8) is 0 Å². The van der Waals surface area contributed by atoms with E-state index in [0.29, 0.717) is 13.2 Å². The van der Waals surface area contributed by atoms with Crippen LogP contribution < -0.4 is 10.1 Å². The molecule has 0 radical (unpaired) electrons. The molecule has 4 heteroatoms. The van der Waals surface area contributed by atoms with Crippen LogP contribution >= 0.6 is 0 Å². The maximum Gasteiger partial charge on any atom is 0.123 e. The molecule has 2 rings (SSSR count). The summed E-state index contributed by atoms with van der Waals surface area (Å²) in [6.07, 6.45) is 1.25. The highest BCUT2D eigenvalue weighted by molar-refractivity contribution is 5.33. The first kappa shape index (κ1) is 13.3. The van der Waals surface area contributed by atoms with Crippen molar-refractivity contribution >= 4 is 0 Å². The van der Waals surface area contributed by atoms with Gasteiger partial charge in [-0.05, 0) is 19.5 Å². The molecule has 100 valence electrons. The van der Waals surface area contributed by atoms with Crippen molar-refractivity contribution in [2.45, 2.75) is 19.1 Å². The van der Waals surface area contributed by atoms with Crippen molar-refractivity contribution in [2.24, 2.45) is 0 Å². The zero-order valence-electron chi connectivity index (χ0n) is 10.9. The minimum Gasteiger partial charge on any atom is -0.491 e. The quantitative estimate of drug-likeness (QED) is 0.747. The molecule has 0 spiro atoms. The Kier molecular flexibility index (Phi) is 5.45. The lowest BCUT2D eigenvalue weighted by molar-refractivity contribution is 0.0264. The fourth-order valence-electron chi connectivity index (χ4n) is 1.99. The highest BCUT2D eigenvalue weighted by atomic mass is 16.6. The second-order valence-corrected chi connectivity index (χ2v) is 4.34. The molecule has 1 atom stereocenters. The molecule has 1 N–H and O–H groups in total. The molecule has 1 fully saturated rings. The summed E-state index contributed by atoms with van der Waals surface area (Å²) in [5.74, 6) is 0.929. The van der Waals surface area contributed by atoms with Gasteiger partial charge in [0.05, 0.1) is 19.3 Å². The molecule has 0 saturated carbocycles. The van der Waals surface area contributed by atoms with Crippen LogP contribution in [0.3, 0.4) is 0 Å². The van der Waals surface area contributed by atoms with Crippen molar-refractivity contribution in [1.82, 2.24) is 5.32 Å². The summed E-state index contributed by atoms with van der Waals surface area (Å²) in [6.45, 7) is 3.54. The topological polar surface area (TPSA) is 39.7 Å². The summed E-state index contributed by atoms with van der Waals surface area (Å²) >= 11 is 0. The third kappa shape index (κ3) is 3.98. The van der Waals surface area contributed by atoms with E-state index in [1.54, 1.807) is 0 Å². The molecule has 18 heavy (non-hydrogen) atoms. The molecule has 1 aromatic carbocycles. The lowest BCUT2D eigenvalue weighted by Crippen LogP contribution is -2.17. The number of benzene rings is 1. The normalized spacial score (nSPS) is 19.1. The van der Waals surface area contributed by atoms with Gasteiger partial charge in [0.25, 0.3) is 0 Å². The van der Waals surface area contributed by atoms with E-state index < -0.39 is 0 Å². The highest BCUT2D eigenvalue weighted by Crippen LogP contribution is 2.17. The molecular weight excluding hydrogens is 230 g/mol. The number of para-hydroxylation sites is 1. The maximum atomic E-state index is 5.74. The molecule has 0 aliphatic carbocycles. The van der Waals surface area contributed by atoms with Crippen LogP contribution in [0.15, 0.2) is 24.3 Å². The van der Waals surface area contributed by atoms with Gasteiger partial charge >= 0.3 is 0 Å². The second kappa shape index (κ2) is 7.36. The Bertz CT molecular complexity index is 351. The van der Waals surface area contributed by atoms with Crippen LogP contribution in [0.1, 0.15) is 12.0 Å². The molecule has 0 bridgehead atoms. The Morgan fingerprint density at radius 1 is 1.33 bits per heavy atom. The average molecular weight is 251 g/mol. The van der Waals surface area contributed by atoms with E-state index in [2.05, 4.69) is 11.4 Å². The molecule has 1 saturated heterocycles. The lowest BCUT2D eigenvalue weighted by atomic mass is 10.2. The van der Waals surface area contributed by atoms with E-state index in [1.165, 1.54) is 5.56 Å². The third-order valence-corrected chi connectivity index (χ3v) is 2.92. The molecule has 0 aromatic heterocycles.